The first kappa shape index (κ1) is 23.5. The van der Waals surface area contributed by atoms with E-state index in [9.17, 15) is 9.59 Å². The van der Waals surface area contributed by atoms with Crippen molar-refractivity contribution in [3.05, 3.63) is 90.5 Å². The van der Waals surface area contributed by atoms with E-state index >= 15 is 0 Å². The number of esters is 1. The van der Waals surface area contributed by atoms with E-state index in [2.05, 4.69) is 5.32 Å². The van der Waals surface area contributed by atoms with Crippen LogP contribution in [0.1, 0.15) is 23.7 Å². The molecule has 1 N–H and O–H groups in total. The summed E-state index contributed by atoms with van der Waals surface area (Å²) in [6, 6.07) is 26.4. The fraction of sp³-hybridized carbons (Fsp3) is 0.138. The Balaban J connectivity index is 1.47. The molecule has 1 amide bonds. The highest BCUT2D eigenvalue weighted by Gasteiger charge is 2.25. The van der Waals surface area contributed by atoms with Crippen LogP contribution in [-0.4, -0.2) is 30.1 Å². The number of aromatic nitrogens is 1. The summed E-state index contributed by atoms with van der Waals surface area (Å²) in [4.78, 5) is 31.2. The Hall–Kier alpha value is -4.23. The van der Waals surface area contributed by atoms with Gasteiger partial charge in [0.25, 0.3) is 5.91 Å². The third-order valence-electron chi connectivity index (χ3n) is 5.93. The van der Waals surface area contributed by atoms with Crippen molar-refractivity contribution >= 4 is 49.9 Å². The maximum Gasteiger partial charge on any atom is 0.339 e. The summed E-state index contributed by atoms with van der Waals surface area (Å²) in [5.74, 6) is -0.445. The molecule has 0 radical (unpaired) electrons. The molecule has 0 aliphatic rings. The lowest BCUT2D eigenvalue weighted by Gasteiger charge is -2.18. The molecule has 0 aliphatic carbocycles. The Morgan fingerprint density at radius 1 is 0.944 bits per heavy atom. The van der Waals surface area contributed by atoms with Gasteiger partial charge in [0.1, 0.15) is 10.8 Å². The van der Waals surface area contributed by atoms with Crippen molar-refractivity contribution in [2.45, 2.75) is 19.4 Å². The second-order valence-corrected chi connectivity index (χ2v) is 9.22. The first-order chi connectivity index (χ1) is 17.6. The van der Waals surface area contributed by atoms with Crippen LogP contribution in [-0.2, 0) is 9.53 Å². The topological polar surface area (TPSA) is 77.5 Å². The van der Waals surface area contributed by atoms with E-state index in [0.29, 0.717) is 23.4 Å². The van der Waals surface area contributed by atoms with Crippen molar-refractivity contribution in [3.8, 4) is 16.3 Å². The molecule has 1 unspecified atom stereocenters. The summed E-state index contributed by atoms with van der Waals surface area (Å²) in [6.45, 7) is 1.80. The minimum Gasteiger partial charge on any atom is -0.495 e. The number of benzene rings is 4. The smallest absolute Gasteiger partial charge is 0.339 e. The number of carbonyl (C=O) groups excluding carboxylic acids is 2. The maximum atomic E-state index is 13.4. The lowest BCUT2D eigenvalue weighted by atomic mass is 9.99. The molecule has 0 fully saturated rings. The number of anilines is 1. The van der Waals surface area contributed by atoms with Gasteiger partial charge in [-0.15, -0.1) is 11.3 Å². The predicted molar refractivity (Wildman–Crippen MR) is 144 cm³/mol. The van der Waals surface area contributed by atoms with E-state index in [-0.39, 0.29) is 0 Å². The molecule has 5 aromatic rings. The van der Waals surface area contributed by atoms with Gasteiger partial charge in [-0.25, -0.2) is 9.78 Å². The lowest BCUT2D eigenvalue weighted by molar-refractivity contribution is -0.124. The zero-order valence-electron chi connectivity index (χ0n) is 19.9. The SMILES string of the molecule is CCC(OC(=O)c1cccc2cccc(-c3nc4ccccc4s3)c12)C(=O)Nc1ccccc1OC. The molecule has 0 aliphatic heterocycles. The third-order valence-corrected chi connectivity index (χ3v) is 7.00. The van der Waals surface area contributed by atoms with Gasteiger partial charge < -0.3 is 14.8 Å². The Bertz CT molecular complexity index is 1540. The van der Waals surface area contributed by atoms with Gasteiger partial charge in [-0.2, -0.15) is 0 Å². The monoisotopic (exact) mass is 496 g/mol. The normalized spacial score (nSPS) is 11.8. The van der Waals surface area contributed by atoms with E-state index in [4.69, 9.17) is 14.5 Å². The van der Waals surface area contributed by atoms with E-state index in [0.717, 1.165) is 31.6 Å². The number of fused-ring (bicyclic) bond motifs is 2. The number of ether oxygens (including phenoxy) is 2. The summed E-state index contributed by atoms with van der Waals surface area (Å²) in [5, 5.41) is 5.28. The highest BCUT2D eigenvalue weighted by Crippen LogP contribution is 2.36. The number of hydrogen-bond acceptors (Lipinski definition) is 6. The molecule has 6 nitrogen and oxygen atoms in total. The van der Waals surface area contributed by atoms with Gasteiger partial charge in [-0.1, -0.05) is 61.5 Å². The highest BCUT2D eigenvalue weighted by atomic mass is 32.1. The highest BCUT2D eigenvalue weighted by molar-refractivity contribution is 7.21. The quantitative estimate of drug-likeness (QED) is 0.254. The molecule has 0 saturated carbocycles. The maximum absolute atomic E-state index is 13.4. The summed E-state index contributed by atoms with van der Waals surface area (Å²) >= 11 is 1.57. The fourth-order valence-corrected chi connectivity index (χ4v) is 5.15. The molecule has 4 aromatic carbocycles. The van der Waals surface area contributed by atoms with Crippen LogP contribution in [0.15, 0.2) is 84.9 Å². The average molecular weight is 497 g/mol. The molecular weight excluding hydrogens is 472 g/mol. The Morgan fingerprint density at radius 3 is 2.47 bits per heavy atom. The Morgan fingerprint density at radius 2 is 1.69 bits per heavy atom. The lowest BCUT2D eigenvalue weighted by Crippen LogP contribution is -2.32. The number of carbonyl (C=O) groups is 2. The van der Waals surface area contributed by atoms with Gasteiger partial charge in [0.15, 0.2) is 6.10 Å². The number of para-hydroxylation sites is 3. The van der Waals surface area contributed by atoms with Crippen molar-refractivity contribution in [1.29, 1.82) is 0 Å². The van der Waals surface area contributed by atoms with Crippen LogP contribution < -0.4 is 10.1 Å². The Labute approximate surface area is 212 Å². The minimum absolute atomic E-state index is 0.322. The van der Waals surface area contributed by atoms with Crippen molar-refractivity contribution in [2.75, 3.05) is 12.4 Å². The summed E-state index contributed by atoms with van der Waals surface area (Å²) in [5.41, 5.74) is 2.68. The third kappa shape index (κ3) is 4.53. The fourth-order valence-electron chi connectivity index (χ4n) is 4.15. The van der Waals surface area contributed by atoms with E-state index in [1.165, 1.54) is 7.11 Å². The summed E-state index contributed by atoms with van der Waals surface area (Å²) in [7, 11) is 1.53. The van der Waals surface area contributed by atoms with E-state index in [1.54, 1.807) is 42.5 Å². The van der Waals surface area contributed by atoms with Gasteiger partial charge >= 0.3 is 5.97 Å². The predicted octanol–water partition coefficient (Wildman–Crippen LogP) is 6.70. The van der Waals surface area contributed by atoms with E-state index < -0.39 is 18.0 Å². The van der Waals surface area contributed by atoms with E-state index in [1.807, 2.05) is 60.7 Å². The van der Waals surface area contributed by atoms with Crippen LogP contribution in [0.4, 0.5) is 5.69 Å². The number of amides is 1. The summed E-state index contributed by atoms with van der Waals surface area (Å²) in [6.07, 6.45) is -0.644. The van der Waals surface area contributed by atoms with Crippen LogP contribution in [0.25, 0.3) is 31.6 Å². The molecule has 0 saturated heterocycles. The molecule has 180 valence electrons. The molecule has 36 heavy (non-hydrogen) atoms. The van der Waals surface area contributed by atoms with Gasteiger partial charge in [0, 0.05) is 10.9 Å². The van der Waals surface area contributed by atoms with Crippen molar-refractivity contribution < 1.29 is 19.1 Å². The molecule has 0 spiro atoms. The molecule has 0 bridgehead atoms. The average Bonchev–Trinajstić information content (AvgIpc) is 3.35. The van der Waals surface area contributed by atoms with Crippen LogP contribution in [0.2, 0.25) is 0 Å². The molecule has 7 heteroatoms. The second kappa shape index (κ2) is 10.2. The van der Waals surface area contributed by atoms with Gasteiger partial charge in [-0.3, -0.25) is 4.79 Å². The standard InChI is InChI=1S/C29H24N2O4S/c1-3-23(27(32)30-21-14-4-6-16-24(21)34-2)35-29(33)20-13-9-11-18-10-8-12-19(26(18)20)28-31-22-15-5-7-17-25(22)36-28/h4-17,23H,3H2,1-2H3,(H,30,32). The van der Waals surface area contributed by atoms with Gasteiger partial charge in [0.05, 0.1) is 28.6 Å². The van der Waals surface area contributed by atoms with Crippen LogP contribution >= 0.6 is 11.3 Å². The Kier molecular flexibility index (Phi) is 6.64. The second-order valence-electron chi connectivity index (χ2n) is 8.19. The van der Waals surface area contributed by atoms with Crippen LogP contribution in [0.3, 0.4) is 0 Å². The molecule has 5 rings (SSSR count). The summed E-state index contributed by atoms with van der Waals surface area (Å²) < 4.78 is 12.1. The molecular formula is C29H24N2O4S. The largest absolute Gasteiger partial charge is 0.495 e. The molecule has 1 aromatic heterocycles. The van der Waals surface area contributed by atoms with Crippen molar-refractivity contribution in [2.24, 2.45) is 0 Å². The van der Waals surface area contributed by atoms with Crippen molar-refractivity contribution in [1.82, 2.24) is 4.98 Å². The molecule has 1 atom stereocenters. The zero-order valence-corrected chi connectivity index (χ0v) is 20.7. The van der Waals surface area contributed by atoms with Crippen LogP contribution in [0, 0.1) is 0 Å². The zero-order chi connectivity index (χ0) is 25.1. The number of nitrogens with one attached hydrogen (secondary N) is 1. The van der Waals surface area contributed by atoms with Crippen LogP contribution in [0.5, 0.6) is 5.75 Å². The number of nitrogens with zero attached hydrogens (tertiary/aromatic N) is 1. The first-order valence-corrected chi connectivity index (χ1v) is 12.4. The first-order valence-electron chi connectivity index (χ1n) is 11.6. The minimum atomic E-state index is -0.965. The number of hydrogen-bond donors (Lipinski definition) is 1. The molecule has 1 heterocycles. The number of thiazole rings is 1. The number of methoxy groups -OCH3 is 1. The van der Waals surface area contributed by atoms with Gasteiger partial charge in [0.2, 0.25) is 0 Å². The van der Waals surface area contributed by atoms with Crippen molar-refractivity contribution in [3.63, 3.8) is 0 Å². The number of rotatable bonds is 7. The van der Waals surface area contributed by atoms with Gasteiger partial charge in [-0.05, 0) is 42.1 Å².